The van der Waals surface area contributed by atoms with Gasteiger partial charge in [0.25, 0.3) is 5.56 Å². The molecule has 2 rings (SSSR count). The van der Waals surface area contributed by atoms with Crippen molar-refractivity contribution in [1.29, 1.82) is 0 Å². The molecule has 2 N–H and O–H groups in total. The largest absolute Gasteiger partial charge is 0.393 e. The van der Waals surface area contributed by atoms with Crippen molar-refractivity contribution in [3.05, 3.63) is 32.6 Å². The fourth-order valence-corrected chi connectivity index (χ4v) is 1.77. The fourth-order valence-electron chi connectivity index (χ4n) is 1.77. The molecule has 0 aromatic carbocycles. The second-order valence-electron chi connectivity index (χ2n) is 4.26. The molecule has 1 aromatic heterocycles. The van der Waals surface area contributed by atoms with Gasteiger partial charge in [0.15, 0.2) is 5.67 Å². The Morgan fingerprint density at radius 1 is 1.71 bits per heavy atom. The first-order chi connectivity index (χ1) is 7.95. The molecule has 0 amide bonds. The Bertz CT molecular complexity index is 538. The Morgan fingerprint density at radius 3 is 3.00 bits per heavy atom. The number of nitrogens with zero attached hydrogens (tertiary/aromatic N) is 1. The van der Waals surface area contributed by atoms with Crippen LogP contribution in [0.15, 0.2) is 15.8 Å². The van der Waals surface area contributed by atoms with Gasteiger partial charge in [-0.2, -0.15) is 0 Å². The van der Waals surface area contributed by atoms with Crippen molar-refractivity contribution in [1.82, 2.24) is 9.55 Å². The third-order valence-electron chi connectivity index (χ3n) is 2.81. The van der Waals surface area contributed by atoms with E-state index < -0.39 is 29.8 Å². The lowest BCUT2D eigenvalue weighted by atomic mass is 10.1. The van der Waals surface area contributed by atoms with Crippen LogP contribution in [0.25, 0.3) is 0 Å². The molecule has 0 unspecified atom stereocenters. The van der Waals surface area contributed by atoms with Crippen molar-refractivity contribution in [3.8, 4) is 0 Å². The maximum Gasteiger partial charge on any atom is 0.330 e. The number of halogens is 1. The van der Waals surface area contributed by atoms with E-state index in [4.69, 9.17) is 9.84 Å². The number of H-pyrrole nitrogens is 1. The fraction of sp³-hybridized carbons (Fsp3) is 0.600. The maximum absolute atomic E-state index is 13.7. The molecule has 6 nitrogen and oxygen atoms in total. The molecule has 0 aliphatic carbocycles. The van der Waals surface area contributed by atoms with Crippen molar-refractivity contribution in [2.24, 2.45) is 0 Å². The normalized spacial score (nSPS) is 28.5. The van der Waals surface area contributed by atoms with Gasteiger partial charge in [0, 0.05) is 18.2 Å². The summed E-state index contributed by atoms with van der Waals surface area (Å²) in [7, 11) is 0. The monoisotopic (exact) mass is 244 g/mol. The summed E-state index contributed by atoms with van der Waals surface area (Å²) in [6.07, 6.45) is 0.416. The number of hydrogen-bond acceptors (Lipinski definition) is 4. The molecule has 0 saturated carbocycles. The average Bonchev–Trinajstić information content (AvgIpc) is 2.67. The number of nitrogens with one attached hydrogen (secondary N) is 1. The molecule has 0 spiro atoms. The predicted molar refractivity (Wildman–Crippen MR) is 56.6 cm³/mol. The van der Waals surface area contributed by atoms with E-state index in [1.807, 2.05) is 0 Å². The molecule has 94 valence electrons. The zero-order valence-corrected chi connectivity index (χ0v) is 9.27. The lowest BCUT2D eigenvalue weighted by Gasteiger charge is -2.15. The smallest absolute Gasteiger partial charge is 0.330 e. The van der Waals surface area contributed by atoms with Crippen LogP contribution in [-0.2, 0) is 4.74 Å². The Labute approximate surface area is 95.7 Å². The van der Waals surface area contributed by atoms with Crippen LogP contribution in [0.2, 0.25) is 0 Å². The number of ether oxygens (including phenoxy) is 1. The summed E-state index contributed by atoms with van der Waals surface area (Å²) in [6, 6.07) is 0. The van der Waals surface area contributed by atoms with Crippen LogP contribution in [0, 0.1) is 6.92 Å². The highest BCUT2D eigenvalue weighted by Gasteiger charge is 2.41. The van der Waals surface area contributed by atoms with Gasteiger partial charge < -0.3 is 9.84 Å². The standard InChI is InChI=1S/C10H13FN2O4/c1-6-3-13(9(16)12-8(6)15)7-2-10(11,4-14)5-17-7/h3,7,14H,2,4-5H2,1H3,(H,12,15,16)/t7-,10-/m0/s1. The third kappa shape index (κ3) is 2.16. The first-order valence-electron chi connectivity index (χ1n) is 5.19. The van der Waals surface area contributed by atoms with E-state index >= 15 is 0 Å². The summed E-state index contributed by atoms with van der Waals surface area (Å²) in [4.78, 5) is 24.8. The average molecular weight is 244 g/mol. The molecule has 1 aromatic rings. The number of rotatable bonds is 2. The summed E-state index contributed by atoms with van der Waals surface area (Å²) in [5, 5.41) is 8.86. The van der Waals surface area contributed by atoms with E-state index in [1.54, 1.807) is 6.92 Å². The minimum Gasteiger partial charge on any atom is -0.393 e. The van der Waals surface area contributed by atoms with E-state index in [-0.39, 0.29) is 13.0 Å². The van der Waals surface area contributed by atoms with Crippen LogP contribution in [0.4, 0.5) is 4.39 Å². The van der Waals surface area contributed by atoms with Gasteiger partial charge in [-0.15, -0.1) is 0 Å². The Kier molecular flexibility index (Phi) is 2.88. The number of alkyl halides is 1. The van der Waals surface area contributed by atoms with Crippen molar-refractivity contribution in [2.75, 3.05) is 13.2 Å². The van der Waals surface area contributed by atoms with Crippen molar-refractivity contribution < 1.29 is 14.2 Å². The summed E-state index contributed by atoms with van der Waals surface area (Å²) in [5.41, 5.74) is -2.60. The molecule has 0 radical (unpaired) electrons. The Morgan fingerprint density at radius 2 is 2.41 bits per heavy atom. The van der Waals surface area contributed by atoms with Crippen LogP contribution in [0.3, 0.4) is 0 Å². The van der Waals surface area contributed by atoms with Crippen molar-refractivity contribution in [2.45, 2.75) is 25.2 Å². The summed E-state index contributed by atoms with van der Waals surface area (Å²) in [5.74, 6) is 0. The number of aryl methyl sites for hydroxylation is 1. The summed E-state index contributed by atoms with van der Waals surface area (Å²) < 4.78 is 20.0. The van der Waals surface area contributed by atoms with Gasteiger partial charge in [0.1, 0.15) is 6.23 Å². The Balaban J connectivity index is 2.34. The molecule has 17 heavy (non-hydrogen) atoms. The topological polar surface area (TPSA) is 84.3 Å². The second kappa shape index (κ2) is 4.08. The molecule has 1 fully saturated rings. The highest BCUT2D eigenvalue weighted by molar-refractivity contribution is 5.02. The number of aliphatic hydroxyl groups excluding tert-OH is 1. The number of aliphatic hydroxyl groups is 1. The molecular weight excluding hydrogens is 231 g/mol. The quantitative estimate of drug-likeness (QED) is 0.732. The van der Waals surface area contributed by atoms with Crippen LogP contribution < -0.4 is 11.2 Å². The molecule has 1 saturated heterocycles. The lowest BCUT2D eigenvalue weighted by molar-refractivity contribution is 0.0272. The van der Waals surface area contributed by atoms with E-state index in [1.165, 1.54) is 6.20 Å². The van der Waals surface area contributed by atoms with Crippen LogP contribution in [0.5, 0.6) is 0 Å². The highest BCUT2D eigenvalue weighted by Crippen LogP contribution is 2.32. The van der Waals surface area contributed by atoms with Gasteiger partial charge in [0.2, 0.25) is 0 Å². The molecular formula is C10H13FN2O4. The molecule has 1 aliphatic rings. The maximum atomic E-state index is 13.7. The van der Waals surface area contributed by atoms with Gasteiger partial charge in [-0.1, -0.05) is 0 Å². The van der Waals surface area contributed by atoms with Crippen LogP contribution >= 0.6 is 0 Å². The van der Waals surface area contributed by atoms with Gasteiger partial charge >= 0.3 is 5.69 Å². The first kappa shape index (κ1) is 12.0. The molecule has 2 heterocycles. The van der Waals surface area contributed by atoms with Crippen LogP contribution in [-0.4, -0.2) is 33.5 Å². The third-order valence-corrected chi connectivity index (χ3v) is 2.81. The first-order valence-corrected chi connectivity index (χ1v) is 5.19. The SMILES string of the molecule is Cc1cn([C@@H]2C[C@](F)(CO)CO2)c(=O)[nH]c1=O. The summed E-state index contributed by atoms with van der Waals surface area (Å²) in [6.45, 7) is 0.623. The Hall–Kier alpha value is -1.47. The van der Waals surface area contributed by atoms with E-state index in [0.717, 1.165) is 4.57 Å². The second-order valence-corrected chi connectivity index (χ2v) is 4.26. The van der Waals surface area contributed by atoms with Crippen LogP contribution in [0.1, 0.15) is 18.2 Å². The minimum absolute atomic E-state index is 0.116. The van der Waals surface area contributed by atoms with Crippen molar-refractivity contribution >= 4 is 0 Å². The zero-order valence-electron chi connectivity index (χ0n) is 9.27. The van der Waals surface area contributed by atoms with E-state index in [2.05, 4.69) is 4.98 Å². The van der Waals surface area contributed by atoms with E-state index in [9.17, 15) is 14.0 Å². The molecule has 1 aliphatic heterocycles. The summed E-state index contributed by atoms with van der Waals surface area (Å²) >= 11 is 0. The van der Waals surface area contributed by atoms with Gasteiger partial charge in [-0.3, -0.25) is 14.3 Å². The predicted octanol–water partition coefficient (Wildman–Crippen LogP) is -0.535. The lowest BCUT2D eigenvalue weighted by Crippen LogP contribution is -2.34. The minimum atomic E-state index is -1.83. The van der Waals surface area contributed by atoms with E-state index in [0.29, 0.717) is 5.56 Å². The molecule has 2 atom stereocenters. The van der Waals surface area contributed by atoms with Crippen molar-refractivity contribution in [3.63, 3.8) is 0 Å². The molecule has 7 heteroatoms. The number of hydrogen-bond donors (Lipinski definition) is 2. The van der Waals surface area contributed by atoms with Gasteiger partial charge in [0.05, 0.1) is 13.2 Å². The number of aromatic nitrogens is 2. The molecule has 0 bridgehead atoms. The number of aromatic amines is 1. The highest BCUT2D eigenvalue weighted by atomic mass is 19.1. The van der Waals surface area contributed by atoms with Gasteiger partial charge in [-0.05, 0) is 6.92 Å². The van der Waals surface area contributed by atoms with Gasteiger partial charge in [-0.25, -0.2) is 9.18 Å². The zero-order chi connectivity index (χ0) is 12.6.